The highest BCUT2D eigenvalue weighted by atomic mass is 19.3. The number of rotatable bonds is 7. The molecule has 7 heteroatoms. The van der Waals surface area contributed by atoms with E-state index in [0.29, 0.717) is 5.76 Å². The molecule has 124 valence electrons. The molecular formula is C16H18F2N2O3. The molecule has 23 heavy (non-hydrogen) atoms. The largest absolute Gasteiger partial charge is 0.468 e. The van der Waals surface area contributed by atoms with E-state index >= 15 is 0 Å². The van der Waals surface area contributed by atoms with Gasteiger partial charge < -0.3 is 14.5 Å². The van der Waals surface area contributed by atoms with Crippen LogP contribution in [0.4, 0.5) is 8.78 Å². The number of ether oxygens (including phenoxy) is 1. The predicted octanol–water partition coefficient (Wildman–Crippen LogP) is 2.91. The SMILES string of the molecule is CN(C)C(CNC(=O)c1ccccc1OC(F)F)c1ccco1. The van der Waals surface area contributed by atoms with Crippen molar-refractivity contribution in [3.05, 3.63) is 54.0 Å². The van der Waals surface area contributed by atoms with Gasteiger partial charge in [0, 0.05) is 6.54 Å². The number of carbonyl (C=O) groups excluding carboxylic acids is 1. The Morgan fingerprint density at radius 3 is 2.61 bits per heavy atom. The molecule has 1 heterocycles. The summed E-state index contributed by atoms with van der Waals surface area (Å²) in [6, 6.07) is 9.28. The Labute approximate surface area is 132 Å². The third-order valence-corrected chi connectivity index (χ3v) is 3.30. The molecule has 0 radical (unpaired) electrons. The Balaban J connectivity index is 2.07. The number of likely N-dealkylation sites (N-methyl/N-ethyl adjacent to an activating group) is 1. The molecule has 1 unspecified atom stereocenters. The Hall–Kier alpha value is -2.41. The van der Waals surface area contributed by atoms with Gasteiger partial charge in [0.05, 0.1) is 17.9 Å². The number of para-hydroxylation sites is 1. The third kappa shape index (κ3) is 4.53. The van der Waals surface area contributed by atoms with Crippen LogP contribution in [-0.2, 0) is 0 Å². The van der Waals surface area contributed by atoms with Gasteiger partial charge in [0.15, 0.2) is 0 Å². The fourth-order valence-corrected chi connectivity index (χ4v) is 2.16. The molecule has 0 spiro atoms. The van der Waals surface area contributed by atoms with Crippen LogP contribution in [0.3, 0.4) is 0 Å². The third-order valence-electron chi connectivity index (χ3n) is 3.30. The van der Waals surface area contributed by atoms with Gasteiger partial charge in [0.2, 0.25) is 0 Å². The Morgan fingerprint density at radius 2 is 2.00 bits per heavy atom. The van der Waals surface area contributed by atoms with Gasteiger partial charge in [-0.1, -0.05) is 12.1 Å². The summed E-state index contributed by atoms with van der Waals surface area (Å²) in [7, 11) is 3.71. The second-order valence-electron chi connectivity index (χ2n) is 5.08. The minimum absolute atomic E-state index is 0.0600. The molecule has 0 aliphatic heterocycles. The second-order valence-corrected chi connectivity index (χ2v) is 5.08. The van der Waals surface area contributed by atoms with Crippen molar-refractivity contribution in [1.29, 1.82) is 0 Å². The van der Waals surface area contributed by atoms with E-state index in [1.54, 1.807) is 18.4 Å². The molecule has 1 aromatic heterocycles. The number of halogens is 2. The molecule has 1 aromatic carbocycles. The molecule has 0 bridgehead atoms. The summed E-state index contributed by atoms with van der Waals surface area (Å²) in [5, 5.41) is 2.72. The normalized spacial score (nSPS) is 12.4. The van der Waals surface area contributed by atoms with Gasteiger partial charge in [-0.05, 0) is 38.4 Å². The first kappa shape index (κ1) is 17.0. The van der Waals surface area contributed by atoms with Crippen molar-refractivity contribution in [1.82, 2.24) is 10.2 Å². The van der Waals surface area contributed by atoms with E-state index in [-0.39, 0.29) is 23.9 Å². The lowest BCUT2D eigenvalue weighted by Crippen LogP contribution is -2.34. The number of alkyl halides is 2. The quantitative estimate of drug-likeness (QED) is 0.851. The molecule has 0 fully saturated rings. The van der Waals surface area contributed by atoms with Crippen molar-refractivity contribution in [2.45, 2.75) is 12.7 Å². The Bertz CT molecular complexity index is 630. The molecule has 0 aliphatic rings. The van der Waals surface area contributed by atoms with Crippen molar-refractivity contribution in [3.8, 4) is 5.75 Å². The molecule has 1 N–H and O–H groups in total. The van der Waals surface area contributed by atoms with E-state index in [1.807, 2.05) is 25.1 Å². The van der Waals surface area contributed by atoms with E-state index in [2.05, 4.69) is 10.1 Å². The van der Waals surface area contributed by atoms with E-state index in [9.17, 15) is 13.6 Å². The molecule has 1 amide bonds. The Kier molecular flexibility index (Phi) is 5.70. The molecule has 5 nitrogen and oxygen atoms in total. The molecule has 0 aliphatic carbocycles. The predicted molar refractivity (Wildman–Crippen MR) is 80.5 cm³/mol. The van der Waals surface area contributed by atoms with Gasteiger partial charge in [-0.2, -0.15) is 8.78 Å². The Morgan fingerprint density at radius 1 is 1.26 bits per heavy atom. The summed E-state index contributed by atoms with van der Waals surface area (Å²) in [5.41, 5.74) is 0.0600. The number of amides is 1. The van der Waals surface area contributed by atoms with Gasteiger partial charge in [0.25, 0.3) is 5.91 Å². The first-order chi connectivity index (χ1) is 11.0. The molecule has 0 saturated carbocycles. The van der Waals surface area contributed by atoms with Gasteiger partial charge in [-0.15, -0.1) is 0 Å². The van der Waals surface area contributed by atoms with Gasteiger partial charge in [-0.3, -0.25) is 9.69 Å². The number of furan rings is 1. The number of hydrogen-bond acceptors (Lipinski definition) is 4. The summed E-state index contributed by atoms with van der Waals surface area (Å²) >= 11 is 0. The van der Waals surface area contributed by atoms with Crippen LogP contribution < -0.4 is 10.1 Å². The first-order valence-electron chi connectivity index (χ1n) is 7.01. The van der Waals surface area contributed by atoms with Crippen LogP contribution in [-0.4, -0.2) is 38.1 Å². The average Bonchev–Trinajstić information content (AvgIpc) is 3.01. The van der Waals surface area contributed by atoms with E-state index < -0.39 is 12.5 Å². The highest BCUT2D eigenvalue weighted by Gasteiger charge is 2.20. The minimum Gasteiger partial charge on any atom is -0.468 e. The lowest BCUT2D eigenvalue weighted by atomic mass is 10.1. The molecule has 1 atom stereocenters. The topological polar surface area (TPSA) is 54.7 Å². The maximum atomic E-state index is 12.4. The number of nitrogens with zero attached hydrogens (tertiary/aromatic N) is 1. The van der Waals surface area contributed by atoms with Crippen molar-refractivity contribution in [2.24, 2.45) is 0 Å². The van der Waals surface area contributed by atoms with Crippen LogP contribution in [0.1, 0.15) is 22.2 Å². The summed E-state index contributed by atoms with van der Waals surface area (Å²) < 4.78 is 34.5. The van der Waals surface area contributed by atoms with Crippen LogP contribution in [0.15, 0.2) is 47.1 Å². The van der Waals surface area contributed by atoms with E-state index in [1.165, 1.54) is 18.2 Å². The van der Waals surface area contributed by atoms with Gasteiger partial charge in [0.1, 0.15) is 11.5 Å². The zero-order valence-corrected chi connectivity index (χ0v) is 12.8. The maximum absolute atomic E-state index is 12.4. The zero-order valence-electron chi connectivity index (χ0n) is 12.8. The summed E-state index contributed by atoms with van der Waals surface area (Å²) in [5.74, 6) is 0.0615. The maximum Gasteiger partial charge on any atom is 0.387 e. The zero-order chi connectivity index (χ0) is 16.8. The van der Waals surface area contributed by atoms with Crippen molar-refractivity contribution in [3.63, 3.8) is 0 Å². The number of nitrogens with one attached hydrogen (secondary N) is 1. The summed E-state index contributed by atoms with van der Waals surface area (Å²) in [6.45, 7) is -2.72. The smallest absolute Gasteiger partial charge is 0.387 e. The standard InChI is InChI=1S/C16H18F2N2O3/c1-20(2)12(14-8-5-9-22-14)10-19-15(21)11-6-3-4-7-13(11)23-16(17)18/h3-9,12,16H,10H2,1-2H3,(H,19,21). The molecular weight excluding hydrogens is 306 g/mol. The lowest BCUT2D eigenvalue weighted by Gasteiger charge is -2.22. The number of hydrogen-bond donors (Lipinski definition) is 1. The molecule has 2 aromatic rings. The van der Waals surface area contributed by atoms with E-state index in [0.717, 1.165) is 0 Å². The molecule has 0 saturated heterocycles. The monoisotopic (exact) mass is 324 g/mol. The van der Waals surface area contributed by atoms with Gasteiger partial charge >= 0.3 is 6.61 Å². The van der Waals surface area contributed by atoms with Crippen LogP contribution >= 0.6 is 0 Å². The fourth-order valence-electron chi connectivity index (χ4n) is 2.16. The van der Waals surface area contributed by atoms with E-state index in [4.69, 9.17) is 4.42 Å². The van der Waals surface area contributed by atoms with Gasteiger partial charge in [-0.25, -0.2) is 0 Å². The highest BCUT2D eigenvalue weighted by molar-refractivity contribution is 5.96. The number of carbonyl (C=O) groups is 1. The fraction of sp³-hybridized carbons (Fsp3) is 0.312. The highest BCUT2D eigenvalue weighted by Crippen LogP contribution is 2.21. The van der Waals surface area contributed by atoms with Crippen LogP contribution in [0.25, 0.3) is 0 Å². The van der Waals surface area contributed by atoms with Crippen molar-refractivity contribution < 1.29 is 22.7 Å². The minimum atomic E-state index is -2.98. The summed E-state index contributed by atoms with van der Waals surface area (Å²) in [6.07, 6.45) is 1.55. The van der Waals surface area contributed by atoms with Crippen LogP contribution in [0, 0.1) is 0 Å². The average molecular weight is 324 g/mol. The van der Waals surface area contributed by atoms with Crippen LogP contribution in [0.2, 0.25) is 0 Å². The molecule has 2 rings (SSSR count). The lowest BCUT2D eigenvalue weighted by molar-refractivity contribution is -0.0501. The number of benzene rings is 1. The van der Waals surface area contributed by atoms with Crippen molar-refractivity contribution >= 4 is 5.91 Å². The first-order valence-corrected chi connectivity index (χ1v) is 7.01. The van der Waals surface area contributed by atoms with Crippen molar-refractivity contribution in [2.75, 3.05) is 20.6 Å². The second kappa shape index (κ2) is 7.73. The van der Waals surface area contributed by atoms with Crippen LogP contribution in [0.5, 0.6) is 5.75 Å². The summed E-state index contributed by atoms with van der Waals surface area (Å²) in [4.78, 5) is 14.1.